The standard InChI is InChI=1S/C8H7N5O4/c1-2-17-7(14)6-10-8-9-3-5(13(15)16)4-12(8)11-6/h3-4H,2H2,1H3. The van der Waals surface area contributed by atoms with Gasteiger partial charge in [0.1, 0.15) is 12.4 Å². The number of hydrogen-bond acceptors (Lipinski definition) is 7. The smallest absolute Gasteiger partial charge is 0.378 e. The van der Waals surface area contributed by atoms with E-state index in [0.29, 0.717) is 0 Å². The molecule has 0 aliphatic rings. The first-order valence-corrected chi connectivity index (χ1v) is 4.65. The monoisotopic (exact) mass is 237 g/mol. The highest BCUT2D eigenvalue weighted by Gasteiger charge is 2.16. The maximum absolute atomic E-state index is 11.3. The van der Waals surface area contributed by atoms with Gasteiger partial charge in [-0.2, -0.15) is 9.50 Å². The molecule has 0 aliphatic heterocycles. The summed E-state index contributed by atoms with van der Waals surface area (Å²) in [6.45, 7) is 1.85. The Balaban J connectivity index is 2.43. The molecular formula is C8H7N5O4. The summed E-state index contributed by atoms with van der Waals surface area (Å²) in [6.07, 6.45) is 2.16. The van der Waals surface area contributed by atoms with Crippen LogP contribution in [0.1, 0.15) is 17.5 Å². The number of aromatic nitrogens is 4. The van der Waals surface area contributed by atoms with Crippen LogP contribution in [0.2, 0.25) is 0 Å². The second-order valence-electron chi connectivity index (χ2n) is 2.97. The largest absolute Gasteiger partial charge is 0.460 e. The van der Waals surface area contributed by atoms with Gasteiger partial charge in [0.15, 0.2) is 0 Å². The van der Waals surface area contributed by atoms with E-state index >= 15 is 0 Å². The van der Waals surface area contributed by atoms with Crippen LogP contribution in [0, 0.1) is 10.1 Å². The van der Waals surface area contributed by atoms with Crippen LogP contribution in [0.4, 0.5) is 5.69 Å². The van der Waals surface area contributed by atoms with Crippen molar-refractivity contribution in [1.82, 2.24) is 19.6 Å². The molecule has 0 amide bonds. The number of ether oxygens (including phenoxy) is 1. The van der Waals surface area contributed by atoms with Crippen molar-refractivity contribution in [1.29, 1.82) is 0 Å². The second-order valence-corrected chi connectivity index (χ2v) is 2.97. The fourth-order valence-corrected chi connectivity index (χ4v) is 1.15. The minimum Gasteiger partial charge on any atom is -0.460 e. The molecule has 2 aromatic rings. The summed E-state index contributed by atoms with van der Waals surface area (Å²) in [5.74, 6) is -0.779. The van der Waals surface area contributed by atoms with Crippen molar-refractivity contribution in [3.8, 4) is 0 Å². The van der Waals surface area contributed by atoms with Crippen molar-refractivity contribution in [2.45, 2.75) is 6.92 Å². The first kappa shape index (κ1) is 10.9. The Morgan fingerprint density at radius 1 is 1.65 bits per heavy atom. The molecule has 2 heterocycles. The minimum absolute atomic E-state index is 0.0960. The van der Waals surface area contributed by atoms with Crippen molar-refractivity contribution in [2.24, 2.45) is 0 Å². The Labute approximate surface area is 94.2 Å². The zero-order valence-electron chi connectivity index (χ0n) is 8.73. The summed E-state index contributed by atoms with van der Waals surface area (Å²) in [7, 11) is 0. The zero-order valence-corrected chi connectivity index (χ0v) is 8.73. The molecule has 0 fully saturated rings. The van der Waals surface area contributed by atoms with Crippen LogP contribution < -0.4 is 0 Å². The van der Waals surface area contributed by atoms with Crippen LogP contribution in [0.15, 0.2) is 12.4 Å². The summed E-state index contributed by atoms with van der Waals surface area (Å²) in [4.78, 5) is 28.7. The third-order valence-electron chi connectivity index (χ3n) is 1.85. The first-order chi connectivity index (χ1) is 8.11. The molecule has 0 bridgehead atoms. The van der Waals surface area contributed by atoms with Gasteiger partial charge in [-0.05, 0) is 6.92 Å². The van der Waals surface area contributed by atoms with Gasteiger partial charge in [0, 0.05) is 0 Å². The number of esters is 1. The molecule has 2 aromatic heterocycles. The van der Waals surface area contributed by atoms with Crippen molar-refractivity contribution in [3.63, 3.8) is 0 Å². The number of carbonyl (C=O) groups excluding carboxylic acids is 1. The maximum atomic E-state index is 11.3. The fourth-order valence-electron chi connectivity index (χ4n) is 1.15. The lowest BCUT2D eigenvalue weighted by molar-refractivity contribution is -0.385. The van der Waals surface area contributed by atoms with Crippen molar-refractivity contribution in [2.75, 3.05) is 6.61 Å². The Hall–Kier alpha value is -2.58. The predicted octanol–water partition coefficient (Wildman–Crippen LogP) is 0.209. The summed E-state index contributed by atoms with van der Waals surface area (Å²) in [5.41, 5.74) is -0.238. The lowest BCUT2D eigenvalue weighted by atomic mass is 10.6. The van der Waals surface area contributed by atoms with Gasteiger partial charge in [0.25, 0.3) is 11.6 Å². The highest BCUT2D eigenvalue weighted by molar-refractivity contribution is 5.85. The molecule has 0 spiro atoms. The van der Waals surface area contributed by atoms with Gasteiger partial charge in [-0.15, -0.1) is 5.10 Å². The summed E-state index contributed by atoms with van der Waals surface area (Å²) < 4.78 is 5.76. The zero-order chi connectivity index (χ0) is 12.4. The topological polar surface area (TPSA) is 113 Å². The summed E-state index contributed by atoms with van der Waals surface area (Å²) in [6, 6.07) is 0. The van der Waals surface area contributed by atoms with Gasteiger partial charge < -0.3 is 4.74 Å². The second kappa shape index (κ2) is 4.12. The molecule has 0 aliphatic carbocycles. The van der Waals surface area contributed by atoms with E-state index in [0.717, 1.165) is 16.9 Å². The summed E-state index contributed by atoms with van der Waals surface area (Å²) >= 11 is 0. The SMILES string of the molecule is CCOC(=O)c1nc2ncc([N+](=O)[O-])cn2n1. The van der Waals surface area contributed by atoms with Crippen LogP contribution >= 0.6 is 0 Å². The van der Waals surface area contributed by atoms with E-state index in [1.54, 1.807) is 6.92 Å². The quantitative estimate of drug-likeness (QED) is 0.426. The molecule has 0 saturated carbocycles. The minimum atomic E-state index is -0.694. The Morgan fingerprint density at radius 3 is 3.06 bits per heavy atom. The Bertz CT molecular complexity index is 593. The average molecular weight is 237 g/mol. The van der Waals surface area contributed by atoms with E-state index in [1.807, 2.05) is 0 Å². The van der Waals surface area contributed by atoms with Gasteiger partial charge in [-0.1, -0.05) is 0 Å². The molecule has 9 nitrogen and oxygen atoms in total. The van der Waals surface area contributed by atoms with E-state index in [9.17, 15) is 14.9 Å². The number of hydrogen-bond donors (Lipinski definition) is 0. The van der Waals surface area contributed by atoms with Gasteiger partial charge >= 0.3 is 11.7 Å². The number of carbonyl (C=O) groups is 1. The molecule has 88 valence electrons. The van der Waals surface area contributed by atoms with E-state index in [4.69, 9.17) is 4.74 Å². The molecule has 0 aromatic carbocycles. The highest BCUT2D eigenvalue weighted by Crippen LogP contribution is 2.09. The van der Waals surface area contributed by atoms with Gasteiger partial charge in [0.05, 0.1) is 11.5 Å². The lowest BCUT2D eigenvalue weighted by Gasteiger charge is -1.93. The third kappa shape index (κ3) is 2.02. The molecule has 0 atom stereocenters. The van der Waals surface area contributed by atoms with Crippen molar-refractivity contribution >= 4 is 17.4 Å². The fraction of sp³-hybridized carbons (Fsp3) is 0.250. The number of fused-ring (bicyclic) bond motifs is 1. The molecule has 0 N–H and O–H groups in total. The number of nitrogens with zero attached hydrogens (tertiary/aromatic N) is 5. The Kier molecular flexibility index (Phi) is 2.65. The number of nitro groups is 1. The first-order valence-electron chi connectivity index (χ1n) is 4.65. The van der Waals surface area contributed by atoms with E-state index in [1.165, 1.54) is 0 Å². The van der Waals surface area contributed by atoms with E-state index in [2.05, 4.69) is 15.1 Å². The van der Waals surface area contributed by atoms with Crippen LogP contribution in [0.3, 0.4) is 0 Å². The molecule has 0 saturated heterocycles. The highest BCUT2D eigenvalue weighted by atomic mass is 16.6. The molecular weight excluding hydrogens is 230 g/mol. The van der Waals surface area contributed by atoms with Gasteiger partial charge in [-0.3, -0.25) is 10.1 Å². The van der Waals surface area contributed by atoms with Crippen LogP contribution in [-0.2, 0) is 4.74 Å². The molecule has 0 radical (unpaired) electrons. The molecule has 9 heteroatoms. The summed E-state index contributed by atoms with van der Waals surface area (Å²) in [5, 5.41) is 14.2. The number of rotatable bonds is 3. The van der Waals surface area contributed by atoms with Gasteiger partial charge in [0.2, 0.25) is 0 Å². The lowest BCUT2D eigenvalue weighted by Crippen LogP contribution is -2.06. The van der Waals surface area contributed by atoms with Crippen LogP contribution in [-0.4, -0.2) is 37.1 Å². The van der Waals surface area contributed by atoms with Crippen LogP contribution in [0.25, 0.3) is 5.78 Å². The Morgan fingerprint density at radius 2 is 2.41 bits per heavy atom. The molecule has 0 unspecified atom stereocenters. The van der Waals surface area contributed by atoms with Crippen molar-refractivity contribution < 1.29 is 14.5 Å². The van der Waals surface area contributed by atoms with Crippen molar-refractivity contribution in [3.05, 3.63) is 28.3 Å². The average Bonchev–Trinajstić information content (AvgIpc) is 2.71. The van der Waals surface area contributed by atoms with E-state index < -0.39 is 10.9 Å². The molecule has 17 heavy (non-hydrogen) atoms. The van der Waals surface area contributed by atoms with E-state index in [-0.39, 0.29) is 23.9 Å². The normalized spacial score (nSPS) is 10.4. The van der Waals surface area contributed by atoms with Gasteiger partial charge in [-0.25, -0.2) is 9.78 Å². The predicted molar refractivity (Wildman–Crippen MR) is 53.4 cm³/mol. The third-order valence-corrected chi connectivity index (χ3v) is 1.85. The van der Waals surface area contributed by atoms with Crippen LogP contribution in [0.5, 0.6) is 0 Å². The molecule has 2 rings (SSSR count). The maximum Gasteiger partial charge on any atom is 0.378 e.